The highest BCUT2D eigenvalue weighted by molar-refractivity contribution is 5.95. The number of amides is 1. The number of pyridine rings is 1. The molecule has 0 bridgehead atoms. The summed E-state index contributed by atoms with van der Waals surface area (Å²) in [4.78, 5) is 19.4. The first-order chi connectivity index (χ1) is 13.3. The maximum atomic E-state index is 13.3. The molecule has 1 aromatic carbocycles. The van der Waals surface area contributed by atoms with E-state index in [0.29, 0.717) is 42.7 Å². The lowest BCUT2D eigenvalue weighted by Gasteiger charge is -2.30. The average Bonchev–Trinajstić information content (AvgIpc) is 2.74. The second-order valence-corrected chi connectivity index (χ2v) is 7.40. The predicted molar refractivity (Wildman–Crippen MR) is 103 cm³/mol. The number of nitrogens with zero attached hydrogens (tertiary/aromatic N) is 2. The number of aromatic nitrogens is 1. The second kappa shape index (κ2) is 8.42. The lowest BCUT2D eigenvalue weighted by Crippen LogP contribution is -2.35. The van der Waals surface area contributed by atoms with Crippen molar-refractivity contribution in [2.45, 2.75) is 38.6 Å². The van der Waals surface area contributed by atoms with Crippen LogP contribution in [0.3, 0.4) is 0 Å². The van der Waals surface area contributed by atoms with E-state index >= 15 is 0 Å². The van der Waals surface area contributed by atoms with E-state index in [0.717, 1.165) is 12.1 Å². The molecule has 0 radical (unpaired) electrons. The lowest BCUT2D eigenvalue weighted by atomic mass is 9.88. The largest absolute Gasteiger partial charge is 0.486 e. The van der Waals surface area contributed by atoms with Crippen molar-refractivity contribution in [2.75, 3.05) is 19.8 Å². The first-order valence-electron chi connectivity index (χ1n) is 9.87. The Balaban J connectivity index is 1.55. The summed E-state index contributed by atoms with van der Waals surface area (Å²) in [5, 5.41) is 0. The number of hydrogen-bond donors (Lipinski definition) is 0. The number of ether oxygens (including phenoxy) is 2. The zero-order chi connectivity index (χ0) is 18.5. The molecular weight excluding hydrogens is 340 g/mol. The predicted octanol–water partition coefficient (Wildman–Crippen LogP) is 4.08. The van der Waals surface area contributed by atoms with E-state index in [9.17, 15) is 4.79 Å². The highest BCUT2D eigenvalue weighted by Crippen LogP contribution is 2.32. The zero-order valence-electron chi connectivity index (χ0n) is 15.6. The van der Waals surface area contributed by atoms with Gasteiger partial charge in [-0.25, -0.2) is 0 Å². The molecule has 1 saturated carbocycles. The second-order valence-electron chi connectivity index (χ2n) is 7.40. The van der Waals surface area contributed by atoms with Crippen molar-refractivity contribution >= 4 is 5.91 Å². The van der Waals surface area contributed by atoms with Gasteiger partial charge < -0.3 is 14.4 Å². The first-order valence-corrected chi connectivity index (χ1v) is 9.87. The molecule has 0 N–H and O–H groups in total. The molecule has 0 spiro atoms. The summed E-state index contributed by atoms with van der Waals surface area (Å²) in [5.74, 6) is 2.01. The molecule has 5 heteroatoms. The van der Waals surface area contributed by atoms with Crippen LogP contribution in [-0.2, 0) is 6.54 Å². The van der Waals surface area contributed by atoms with Crippen molar-refractivity contribution in [1.82, 2.24) is 9.88 Å². The van der Waals surface area contributed by atoms with E-state index in [-0.39, 0.29) is 5.91 Å². The van der Waals surface area contributed by atoms with E-state index in [2.05, 4.69) is 4.98 Å². The minimum Gasteiger partial charge on any atom is -0.486 e. The van der Waals surface area contributed by atoms with Crippen LogP contribution in [-0.4, -0.2) is 35.5 Å². The van der Waals surface area contributed by atoms with Crippen LogP contribution in [0.4, 0.5) is 0 Å². The third-order valence-corrected chi connectivity index (χ3v) is 5.40. The fraction of sp³-hybridized carbons (Fsp3) is 0.455. The molecule has 1 amide bonds. The highest BCUT2D eigenvalue weighted by Gasteiger charge is 2.24. The third kappa shape index (κ3) is 4.41. The van der Waals surface area contributed by atoms with Gasteiger partial charge in [0, 0.05) is 31.0 Å². The number of fused-ring (bicyclic) bond motifs is 1. The van der Waals surface area contributed by atoms with Gasteiger partial charge in [-0.15, -0.1) is 0 Å². The average molecular weight is 366 g/mol. The summed E-state index contributed by atoms with van der Waals surface area (Å²) >= 11 is 0. The van der Waals surface area contributed by atoms with E-state index in [1.54, 1.807) is 12.4 Å². The highest BCUT2D eigenvalue weighted by atomic mass is 16.6. The van der Waals surface area contributed by atoms with Gasteiger partial charge in [-0.3, -0.25) is 9.78 Å². The Morgan fingerprint density at radius 3 is 2.52 bits per heavy atom. The van der Waals surface area contributed by atoms with Crippen molar-refractivity contribution in [3.8, 4) is 11.5 Å². The third-order valence-electron chi connectivity index (χ3n) is 5.40. The minimum atomic E-state index is 0.0503. The quantitative estimate of drug-likeness (QED) is 0.800. The van der Waals surface area contributed by atoms with E-state index < -0.39 is 0 Å². The molecule has 1 aliphatic carbocycles. The molecule has 1 aliphatic heterocycles. The van der Waals surface area contributed by atoms with Crippen LogP contribution in [0.5, 0.6) is 11.5 Å². The van der Waals surface area contributed by atoms with Gasteiger partial charge in [0.2, 0.25) is 0 Å². The maximum absolute atomic E-state index is 13.3. The Morgan fingerprint density at radius 1 is 1.00 bits per heavy atom. The van der Waals surface area contributed by atoms with Crippen molar-refractivity contribution < 1.29 is 14.3 Å². The summed E-state index contributed by atoms with van der Waals surface area (Å²) in [6.45, 7) is 2.48. The van der Waals surface area contributed by atoms with Crippen LogP contribution < -0.4 is 9.47 Å². The van der Waals surface area contributed by atoms with E-state index in [1.807, 2.05) is 35.2 Å². The zero-order valence-corrected chi connectivity index (χ0v) is 15.6. The van der Waals surface area contributed by atoms with Crippen LogP contribution in [0.1, 0.15) is 48.0 Å². The Morgan fingerprint density at radius 2 is 1.74 bits per heavy atom. The number of rotatable bonds is 5. The van der Waals surface area contributed by atoms with E-state index in [4.69, 9.17) is 9.47 Å². The maximum Gasteiger partial charge on any atom is 0.254 e. The molecule has 27 heavy (non-hydrogen) atoms. The Kier molecular flexibility index (Phi) is 5.56. The molecule has 1 fully saturated rings. The van der Waals surface area contributed by atoms with Crippen LogP contribution in [0.2, 0.25) is 0 Å². The summed E-state index contributed by atoms with van der Waals surface area (Å²) in [6, 6.07) is 9.45. The van der Waals surface area contributed by atoms with Gasteiger partial charge in [-0.1, -0.05) is 19.3 Å². The SMILES string of the molecule is O=C(c1ccc2c(c1)OCCO2)N(Cc1ccncc1)CC1CCCCC1. The summed E-state index contributed by atoms with van der Waals surface area (Å²) in [5.41, 5.74) is 1.76. The van der Waals surface area contributed by atoms with Crippen molar-refractivity contribution in [3.05, 3.63) is 53.9 Å². The summed E-state index contributed by atoms with van der Waals surface area (Å²) < 4.78 is 11.2. The monoisotopic (exact) mass is 366 g/mol. The molecule has 142 valence electrons. The van der Waals surface area contributed by atoms with Gasteiger partial charge in [0.25, 0.3) is 5.91 Å². The number of hydrogen-bond acceptors (Lipinski definition) is 4. The summed E-state index contributed by atoms with van der Waals surface area (Å²) in [6.07, 6.45) is 9.84. The van der Waals surface area contributed by atoms with Gasteiger partial charge in [0.1, 0.15) is 13.2 Å². The molecule has 4 rings (SSSR count). The molecule has 0 unspecified atom stereocenters. The topological polar surface area (TPSA) is 51.7 Å². The van der Waals surface area contributed by atoms with Crippen molar-refractivity contribution in [1.29, 1.82) is 0 Å². The fourth-order valence-electron chi connectivity index (χ4n) is 3.97. The Bertz CT molecular complexity index is 772. The summed E-state index contributed by atoms with van der Waals surface area (Å²) in [7, 11) is 0. The van der Waals surface area contributed by atoms with Gasteiger partial charge in [0.05, 0.1) is 0 Å². The standard InChI is InChI=1S/C22H26N2O3/c25-22(19-6-7-20-21(14-19)27-13-12-26-20)24(15-17-4-2-1-3-5-17)16-18-8-10-23-11-9-18/h6-11,14,17H,1-5,12-13,15-16H2. The van der Waals surface area contributed by atoms with Gasteiger partial charge in [-0.2, -0.15) is 0 Å². The Labute approximate surface area is 160 Å². The molecular formula is C22H26N2O3. The van der Waals surface area contributed by atoms with Crippen LogP contribution in [0, 0.1) is 5.92 Å². The molecule has 2 aliphatic rings. The van der Waals surface area contributed by atoms with Gasteiger partial charge in [-0.05, 0) is 54.7 Å². The van der Waals surface area contributed by atoms with Crippen LogP contribution in [0.15, 0.2) is 42.7 Å². The van der Waals surface area contributed by atoms with Crippen LogP contribution in [0.25, 0.3) is 0 Å². The van der Waals surface area contributed by atoms with Crippen molar-refractivity contribution in [2.24, 2.45) is 5.92 Å². The molecule has 1 aromatic heterocycles. The van der Waals surface area contributed by atoms with Gasteiger partial charge >= 0.3 is 0 Å². The number of benzene rings is 1. The Hall–Kier alpha value is -2.56. The number of carbonyl (C=O) groups is 1. The minimum absolute atomic E-state index is 0.0503. The molecule has 0 saturated heterocycles. The van der Waals surface area contributed by atoms with E-state index in [1.165, 1.54) is 32.1 Å². The normalized spacial score (nSPS) is 16.7. The molecule has 5 nitrogen and oxygen atoms in total. The molecule has 2 heterocycles. The van der Waals surface area contributed by atoms with Crippen molar-refractivity contribution in [3.63, 3.8) is 0 Å². The molecule has 2 aromatic rings. The van der Waals surface area contributed by atoms with Crippen LogP contribution >= 0.6 is 0 Å². The smallest absolute Gasteiger partial charge is 0.254 e. The lowest BCUT2D eigenvalue weighted by molar-refractivity contribution is 0.0698. The fourth-order valence-corrected chi connectivity index (χ4v) is 3.97. The molecule has 0 atom stereocenters. The van der Waals surface area contributed by atoms with Gasteiger partial charge in [0.15, 0.2) is 11.5 Å². The first kappa shape index (κ1) is 17.8. The number of carbonyl (C=O) groups excluding carboxylic acids is 1.